The van der Waals surface area contributed by atoms with Gasteiger partial charge in [0.15, 0.2) is 5.03 Å². The average Bonchev–Trinajstić information content (AvgIpc) is 3.28. The summed E-state index contributed by atoms with van der Waals surface area (Å²) >= 11 is 6.93. The lowest BCUT2D eigenvalue weighted by atomic mass is 10.1. The first kappa shape index (κ1) is 25.9. The molecule has 0 aliphatic rings. The van der Waals surface area contributed by atoms with E-state index in [1.165, 1.54) is 12.4 Å². The number of nitrogens with one attached hydrogen (secondary N) is 2. The molecule has 0 spiro atoms. The van der Waals surface area contributed by atoms with E-state index < -0.39 is 44.4 Å². The Kier molecular flexibility index (Phi) is 7.21. The van der Waals surface area contributed by atoms with Gasteiger partial charge < -0.3 is 5.32 Å². The van der Waals surface area contributed by atoms with E-state index in [1.54, 1.807) is 37.3 Å². The van der Waals surface area contributed by atoms with Gasteiger partial charge in [-0.3, -0.25) is 9.52 Å². The van der Waals surface area contributed by atoms with E-state index in [9.17, 15) is 26.4 Å². The Morgan fingerprint density at radius 3 is 2.56 bits per heavy atom. The van der Waals surface area contributed by atoms with Crippen LogP contribution in [0.2, 0.25) is 5.02 Å². The van der Waals surface area contributed by atoms with Crippen LogP contribution in [0.25, 0.3) is 10.1 Å². The van der Waals surface area contributed by atoms with Crippen molar-refractivity contribution >= 4 is 54.8 Å². The predicted molar refractivity (Wildman–Crippen MR) is 132 cm³/mol. The third-order valence-corrected chi connectivity index (χ3v) is 7.51. The van der Waals surface area contributed by atoms with Crippen molar-refractivity contribution in [3.63, 3.8) is 0 Å². The number of hydrogen-bond acceptors (Lipinski definition) is 6. The maximum Gasteiger partial charge on any atom is 0.416 e. The van der Waals surface area contributed by atoms with Crippen LogP contribution < -0.4 is 10.0 Å². The second-order valence-electron chi connectivity index (χ2n) is 7.92. The Labute approximate surface area is 213 Å². The Morgan fingerprint density at radius 1 is 1.14 bits per heavy atom. The van der Waals surface area contributed by atoms with Gasteiger partial charge in [-0.15, -0.1) is 0 Å². The summed E-state index contributed by atoms with van der Waals surface area (Å²) in [5, 5.41) is 3.06. The molecule has 1 unspecified atom stereocenters. The van der Waals surface area contributed by atoms with E-state index in [0.717, 1.165) is 29.2 Å². The van der Waals surface area contributed by atoms with Gasteiger partial charge in [-0.25, -0.2) is 4.98 Å². The van der Waals surface area contributed by atoms with E-state index in [0.29, 0.717) is 22.2 Å². The monoisotopic (exact) mass is 554 g/mol. The number of sulfonamides is 1. The van der Waals surface area contributed by atoms with Crippen LogP contribution in [0.15, 0.2) is 66.0 Å². The van der Waals surface area contributed by atoms with Gasteiger partial charge in [0.2, 0.25) is 0 Å². The molecule has 4 aromatic rings. The van der Waals surface area contributed by atoms with Crippen molar-refractivity contribution in [3.05, 3.63) is 82.6 Å². The van der Waals surface area contributed by atoms with Crippen LogP contribution in [0.1, 0.15) is 28.4 Å². The minimum absolute atomic E-state index is 0.213. The van der Waals surface area contributed by atoms with Crippen molar-refractivity contribution in [3.8, 4) is 0 Å². The second-order valence-corrected chi connectivity index (χ2v) is 10.8. The Bertz CT molecular complexity index is 1520. The highest BCUT2D eigenvalue weighted by Crippen LogP contribution is 2.33. The molecule has 0 saturated carbocycles. The summed E-state index contributed by atoms with van der Waals surface area (Å²) in [6.07, 6.45) is -1.78. The number of carbonyl (C=O) groups excluding carboxylic acids is 1. The third-order valence-electron chi connectivity index (χ3n) is 5.17. The molecule has 188 valence electrons. The number of nitrogens with zero attached hydrogens (tertiary/aromatic N) is 2. The number of rotatable bonds is 7. The molecule has 1 amide bonds. The maximum atomic E-state index is 13.4. The molecule has 36 heavy (non-hydrogen) atoms. The van der Waals surface area contributed by atoms with E-state index in [4.69, 9.17) is 11.6 Å². The number of benzene rings is 2. The lowest BCUT2D eigenvalue weighted by Gasteiger charge is -2.18. The van der Waals surface area contributed by atoms with E-state index in [-0.39, 0.29) is 10.9 Å². The number of carbonyl (C=O) groups is 1. The normalized spacial score (nSPS) is 12.9. The van der Waals surface area contributed by atoms with Crippen LogP contribution in [-0.4, -0.2) is 29.7 Å². The third kappa shape index (κ3) is 5.77. The number of hydrogen-bond donors (Lipinski definition) is 2. The number of alkyl halides is 3. The number of aromatic nitrogens is 2. The van der Waals surface area contributed by atoms with Crippen molar-refractivity contribution < 1.29 is 26.4 Å². The summed E-state index contributed by atoms with van der Waals surface area (Å²) in [4.78, 5) is 16.9. The van der Waals surface area contributed by atoms with Crippen LogP contribution in [-0.2, 0) is 22.6 Å². The minimum Gasteiger partial charge on any atom is -0.349 e. The standard InChI is InChI=1S/C23H18ClF3N4O3S2/c1-13(10-14-2-5-16(24)6-3-14)30-21(32)17-7-4-15(23(25,26)27)11-19(17)31-36(33,34)22-18-12-29-35-20(18)8-9-28-22/h2-9,11-13,31H,10H2,1H3,(H,30,32). The van der Waals surface area contributed by atoms with Gasteiger partial charge in [-0.05, 0) is 66.8 Å². The minimum atomic E-state index is -4.76. The lowest BCUT2D eigenvalue weighted by Crippen LogP contribution is -2.34. The van der Waals surface area contributed by atoms with Crippen LogP contribution in [0, 0.1) is 0 Å². The Hall–Kier alpha value is -3.22. The molecule has 0 bridgehead atoms. The van der Waals surface area contributed by atoms with Crippen LogP contribution in [0.5, 0.6) is 0 Å². The Morgan fingerprint density at radius 2 is 1.86 bits per heavy atom. The number of halogens is 4. The number of anilines is 1. The zero-order valence-corrected chi connectivity index (χ0v) is 20.9. The molecule has 13 heteroatoms. The highest BCUT2D eigenvalue weighted by Gasteiger charge is 2.33. The van der Waals surface area contributed by atoms with Crippen molar-refractivity contribution in [1.82, 2.24) is 14.7 Å². The molecule has 2 heterocycles. The van der Waals surface area contributed by atoms with E-state index >= 15 is 0 Å². The first-order chi connectivity index (χ1) is 16.9. The molecule has 4 rings (SSSR count). The van der Waals surface area contributed by atoms with Gasteiger partial charge in [0, 0.05) is 17.3 Å². The summed E-state index contributed by atoms with van der Waals surface area (Å²) < 4.78 is 73.0. The van der Waals surface area contributed by atoms with Crippen LogP contribution >= 0.6 is 23.1 Å². The van der Waals surface area contributed by atoms with Gasteiger partial charge in [-0.2, -0.15) is 26.0 Å². The van der Waals surface area contributed by atoms with Crippen LogP contribution in [0.4, 0.5) is 18.9 Å². The number of amides is 1. The average molecular weight is 555 g/mol. The highest BCUT2D eigenvalue weighted by atomic mass is 35.5. The molecule has 7 nitrogen and oxygen atoms in total. The molecule has 0 saturated heterocycles. The van der Waals surface area contributed by atoms with Gasteiger partial charge in [0.05, 0.1) is 33.1 Å². The van der Waals surface area contributed by atoms with Crippen molar-refractivity contribution in [2.45, 2.75) is 30.6 Å². The summed E-state index contributed by atoms with van der Waals surface area (Å²) in [6.45, 7) is 1.72. The fraction of sp³-hybridized carbons (Fsp3) is 0.174. The molecule has 0 aliphatic heterocycles. The molecule has 0 radical (unpaired) electrons. The lowest BCUT2D eigenvalue weighted by molar-refractivity contribution is -0.137. The van der Waals surface area contributed by atoms with E-state index in [2.05, 4.69) is 19.4 Å². The number of fused-ring (bicyclic) bond motifs is 1. The zero-order chi connectivity index (χ0) is 26.1. The smallest absolute Gasteiger partial charge is 0.349 e. The first-order valence-electron chi connectivity index (χ1n) is 10.4. The van der Waals surface area contributed by atoms with Crippen molar-refractivity contribution in [2.75, 3.05) is 4.72 Å². The summed E-state index contributed by atoms with van der Waals surface area (Å²) in [7, 11) is -4.46. The highest BCUT2D eigenvalue weighted by molar-refractivity contribution is 7.92. The quantitative estimate of drug-likeness (QED) is 0.313. The molecule has 2 aromatic carbocycles. The summed E-state index contributed by atoms with van der Waals surface area (Å²) in [5.41, 5.74) is -1.04. The fourth-order valence-electron chi connectivity index (χ4n) is 3.51. The van der Waals surface area contributed by atoms with Gasteiger partial charge in [0.25, 0.3) is 15.9 Å². The van der Waals surface area contributed by atoms with Crippen molar-refractivity contribution in [1.29, 1.82) is 0 Å². The van der Waals surface area contributed by atoms with Crippen molar-refractivity contribution in [2.24, 2.45) is 0 Å². The first-order valence-corrected chi connectivity index (χ1v) is 13.1. The molecule has 1 atom stereocenters. The molecular formula is C23H18ClF3N4O3S2. The molecule has 0 aliphatic carbocycles. The van der Waals surface area contributed by atoms with E-state index in [1.807, 2.05) is 0 Å². The maximum absolute atomic E-state index is 13.4. The van der Waals surface area contributed by atoms with Gasteiger partial charge >= 0.3 is 6.18 Å². The Balaban J connectivity index is 1.65. The summed E-state index contributed by atoms with van der Waals surface area (Å²) in [6, 6.07) is 10.4. The molecular weight excluding hydrogens is 537 g/mol. The predicted octanol–water partition coefficient (Wildman–Crippen LogP) is 5.53. The second kappa shape index (κ2) is 10.0. The topological polar surface area (TPSA) is 101 Å². The zero-order valence-electron chi connectivity index (χ0n) is 18.5. The molecule has 0 fully saturated rings. The fourth-order valence-corrected chi connectivity index (χ4v) is 5.55. The largest absolute Gasteiger partial charge is 0.416 e. The number of pyridine rings is 1. The summed E-state index contributed by atoms with van der Waals surface area (Å²) in [5.74, 6) is -0.744. The van der Waals surface area contributed by atoms with Crippen LogP contribution in [0.3, 0.4) is 0 Å². The van der Waals surface area contributed by atoms with Gasteiger partial charge in [-0.1, -0.05) is 23.7 Å². The SMILES string of the molecule is CC(Cc1ccc(Cl)cc1)NC(=O)c1ccc(C(F)(F)F)cc1NS(=O)(=O)c1nccc2sncc12. The molecule has 2 N–H and O–H groups in total. The molecule has 2 aromatic heterocycles. The van der Waals surface area contributed by atoms with Gasteiger partial charge in [0.1, 0.15) is 0 Å².